The van der Waals surface area contributed by atoms with Crippen LogP contribution in [0.1, 0.15) is 0 Å². The van der Waals surface area contributed by atoms with Gasteiger partial charge >= 0.3 is 0 Å². The molecule has 4 rings (SSSR count). The Bertz CT molecular complexity index is 865. The lowest BCUT2D eigenvalue weighted by molar-refractivity contribution is -0.131. The minimum Gasteiger partial charge on any atom is -0.477 e. The maximum atomic E-state index is 13.0. The van der Waals surface area contributed by atoms with Crippen LogP contribution in [0.2, 0.25) is 0 Å². The van der Waals surface area contributed by atoms with E-state index in [1.54, 1.807) is 7.05 Å². The molecule has 2 amide bonds. The summed E-state index contributed by atoms with van der Waals surface area (Å²) in [5.74, 6) is 0.521. The molecule has 0 unspecified atom stereocenters. The molecule has 2 aromatic carbocycles. The number of hydrogen-bond donors (Lipinski definition) is 1. The van der Waals surface area contributed by atoms with Crippen LogP contribution in [0, 0.1) is 0 Å². The number of piperazine rings is 1. The van der Waals surface area contributed by atoms with E-state index < -0.39 is 6.10 Å². The molecule has 0 radical (unpaired) electrons. The highest BCUT2D eigenvalue weighted by molar-refractivity contribution is 5.86. The maximum Gasteiger partial charge on any atom is 0.262 e. The third kappa shape index (κ3) is 4.13. The molecular formula is C22H26N4O3. The van der Waals surface area contributed by atoms with Gasteiger partial charge in [-0.3, -0.25) is 9.59 Å². The van der Waals surface area contributed by atoms with Gasteiger partial charge in [0, 0.05) is 38.9 Å². The van der Waals surface area contributed by atoms with Gasteiger partial charge in [0.1, 0.15) is 5.75 Å². The molecule has 2 aliphatic heterocycles. The van der Waals surface area contributed by atoms with Gasteiger partial charge < -0.3 is 24.8 Å². The number of para-hydroxylation sites is 3. The first-order valence-electron chi connectivity index (χ1n) is 9.95. The Morgan fingerprint density at radius 2 is 1.69 bits per heavy atom. The lowest BCUT2D eigenvalue weighted by Crippen LogP contribution is -2.54. The Kier molecular flexibility index (Phi) is 5.55. The standard InChI is InChI=1S/C22H26N4O3/c1-23-22(28)20-15-26(18-9-5-6-10-19(18)29-20)16-21(27)25-13-11-24(12-14-25)17-7-3-2-4-8-17/h2-10,20H,11-16H2,1H3,(H,23,28)/t20-/m1/s1. The van der Waals surface area contributed by atoms with Crippen molar-refractivity contribution in [3.05, 3.63) is 54.6 Å². The molecule has 7 heteroatoms. The summed E-state index contributed by atoms with van der Waals surface area (Å²) in [6, 6.07) is 17.8. The van der Waals surface area contributed by atoms with Crippen LogP contribution in [0.25, 0.3) is 0 Å². The van der Waals surface area contributed by atoms with Gasteiger partial charge in [-0.15, -0.1) is 0 Å². The number of nitrogens with zero attached hydrogens (tertiary/aromatic N) is 3. The normalized spacial score (nSPS) is 18.7. The van der Waals surface area contributed by atoms with E-state index in [4.69, 9.17) is 4.74 Å². The van der Waals surface area contributed by atoms with Crippen molar-refractivity contribution in [3.8, 4) is 5.75 Å². The number of hydrogen-bond acceptors (Lipinski definition) is 5. The number of anilines is 2. The van der Waals surface area contributed by atoms with Gasteiger partial charge in [0.2, 0.25) is 5.91 Å². The summed E-state index contributed by atoms with van der Waals surface area (Å²) in [5.41, 5.74) is 2.04. The largest absolute Gasteiger partial charge is 0.477 e. The van der Waals surface area contributed by atoms with Gasteiger partial charge in [-0.1, -0.05) is 30.3 Å². The van der Waals surface area contributed by atoms with Gasteiger partial charge in [-0.25, -0.2) is 0 Å². The lowest BCUT2D eigenvalue weighted by Gasteiger charge is -2.39. The summed E-state index contributed by atoms with van der Waals surface area (Å²) >= 11 is 0. The van der Waals surface area contributed by atoms with Crippen molar-refractivity contribution in [1.29, 1.82) is 0 Å². The minimum absolute atomic E-state index is 0.0741. The van der Waals surface area contributed by atoms with Crippen molar-refractivity contribution in [2.24, 2.45) is 0 Å². The SMILES string of the molecule is CNC(=O)[C@H]1CN(CC(=O)N2CCN(c3ccccc3)CC2)c2ccccc2O1. The quantitative estimate of drug-likeness (QED) is 0.848. The first-order valence-corrected chi connectivity index (χ1v) is 9.95. The van der Waals surface area contributed by atoms with E-state index in [1.807, 2.05) is 52.3 Å². The Morgan fingerprint density at radius 1 is 1.00 bits per heavy atom. The zero-order chi connectivity index (χ0) is 20.2. The van der Waals surface area contributed by atoms with E-state index in [1.165, 1.54) is 5.69 Å². The number of rotatable bonds is 4. The molecule has 0 spiro atoms. The molecule has 2 aromatic rings. The van der Waals surface area contributed by atoms with Gasteiger partial charge in [-0.05, 0) is 24.3 Å². The molecule has 0 aliphatic carbocycles. The molecule has 0 bridgehead atoms. The highest BCUT2D eigenvalue weighted by atomic mass is 16.5. The molecule has 152 valence electrons. The van der Waals surface area contributed by atoms with Crippen LogP contribution >= 0.6 is 0 Å². The van der Waals surface area contributed by atoms with Crippen LogP contribution in [-0.2, 0) is 9.59 Å². The monoisotopic (exact) mass is 394 g/mol. The van der Waals surface area contributed by atoms with Crippen molar-refractivity contribution in [2.75, 3.05) is 56.1 Å². The molecule has 0 saturated carbocycles. The number of amides is 2. The van der Waals surface area contributed by atoms with Crippen molar-refractivity contribution < 1.29 is 14.3 Å². The van der Waals surface area contributed by atoms with Gasteiger partial charge in [0.15, 0.2) is 6.10 Å². The van der Waals surface area contributed by atoms with Gasteiger partial charge in [0.05, 0.1) is 18.8 Å². The number of likely N-dealkylation sites (N-methyl/N-ethyl adjacent to an activating group) is 1. The highest BCUT2D eigenvalue weighted by Gasteiger charge is 2.32. The average Bonchev–Trinajstić information content (AvgIpc) is 2.79. The molecule has 7 nitrogen and oxygen atoms in total. The molecule has 1 N–H and O–H groups in total. The molecule has 1 atom stereocenters. The molecule has 2 heterocycles. The molecule has 2 aliphatic rings. The van der Waals surface area contributed by atoms with Crippen LogP contribution < -0.4 is 19.9 Å². The highest BCUT2D eigenvalue weighted by Crippen LogP contribution is 2.33. The number of carbonyl (C=O) groups excluding carboxylic acids is 2. The number of carbonyl (C=O) groups is 2. The average molecular weight is 394 g/mol. The van der Waals surface area contributed by atoms with Crippen LogP contribution in [0.5, 0.6) is 5.75 Å². The second kappa shape index (κ2) is 8.43. The summed E-state index contributed by atoms with van der Waals surface area (Å²) in [7, 11) is 1.59. The third-order valence-electron chi connectivity index (χ3n) is 5.48. The first kappa shape index (κ1) is 19.1. The zero-order valence-electron chi connectivity index (χ0n) is 16.6. The predicted octanol–water partition coefficient (Wildman–Crippen LogP) is 1.35. The van der Waals surface area contributed by atoms with E-state index >= 15 is 0 Å². The van der Waals surface area contributed by atoms with E-state index in [9.17, 15) is 9.59 Å². The van der Waals surface area contributed by atoms with Gasteiger partial charge in [0.25, 0.3) is 5.91 Å². The Labute approximate surface area is 170 Å². The fraction of sp³-hybridized carbons (Fsp3) is 0.364. The van der Waals surface area contributed by atoms with Crippen molar-refractivity contribution in [1.82, 2.24) is 10.2 Å². The fourth-order valence-corrected chi connectivity index (χ4v) is 3.87. The first-order chi connectivity index (χ1) is 14.2. The van der Waals surface area contributed by atoms with Crippen LogP contribution in [0.3, 0.4) is 0 Å². The fourth-order valence-electron chi connectivity index (χ4n) is 3.87. The minimum atomic E-state index is -0.627. The predicted molar refractivity (Wildman–Crippen MR) is 112 cm³/mol. The second-order valence-corrected chi connectivity index (χ2v) is 7.27. The Balaban J connectivity index is 1.41. The van der Waals surface area contributed by atoms with E-state index in [2.05, 4.69) is 22.3 Å². The summed E-state index contributed by atoms with van der Waals surface area (Å²) < 4.78 is 5.82. The van der Waals surface area contributed by atoms with Crippen LogP contribution in [0.4, 0.5) is 11.4 Å². The van der Waals surface area contributed by atoms with E-state index in [0.717, 1.165) is 18.8 Å². The number of ether oxygens (including phenoxy) is 1. The van der Waals surface area contributed by atoms with E-state index in [-0.39, 0.29) is 18.4 Å². The molecule has 1 fully saturated rings. The van der Waals surface area contributed by atoms with Crippen molar-refractivity contribution in [2.45, 2.75) is 6.10 Å². The van der Waals surface area contributed by atoms with Crippen molar-refractivity contribution in [3.63, 3.8) is 0 Å². The zero-order valence-corrected chi connectivity index (χ0v) is 16.6. The molecule has 29 heavy (non-hydrogen) atoms. The van der Waals surface area contributed by atoms with Gasteiger partial charge in [-0.2, -0.15) is 0 Å². The lowest BCUT2D eigenvalue weighted by atomic mass is 10.1. The summed E-state index contributed by atoms with van der Waals surface area (Å²) in [6.45, 7) is 3.61. The summed E-state index contributed by atoms with van der Waals surface area (Å²) in [5, 5.41) is 2.63. The van der Waals surface area contributed by atoms with Crippen molar-refractivity contribution >= 4 is 23.2 Å². The third-order valence-corrected chi connectivity index (χ3v) is 5.48. The van der Waals surface area contributed by atoms with Crippen LogP contribution in [0.15, 0.2) is 54.6 Å². The van der Waals surface area contributed by atoms with Crippen LogP contribution in [-0.4, -0.2) is 69.1 Å². The Hall–Kier alpha value is -3.22. The molecule has 0 aromatic heterocycles. The number of fused-ring (bicyclic) bond motifs is 1. The molecule has 1 saturated heterocycles. The number of nitrogens with one attached hydrogen (secondary N) is 1. The topological polar surface area (TPSA) is 65.1 Å². The maximum absolute atomic E-state index is 13.0. The molecular weight excluding hydrogens is 368 g/mol. The Morgan fingerprint density at radius 3 is 2.41 bits per heavy atom. The summed E-state index contributed by atoms with van der Waals surface area (Å²) in [4.78, 5) is 31.3. The van der Waals surface area contributed by atoms with E-state index in [0.29, 0.717) is 25.4 Å². The smallest absolute Gasteiger partial charge is 0.262 e. The second-order valence-electron chi connectivity index (χ2n) is 7.27. The number of benzene rings is 2. The summed E-state index contributed by atoms with van der Waals surface area (Å²) in [6.07, 6.45) is -0.627.